The van der Waals surface area contributed by atoms with Crippen molar-refractivity contribution in [1.29, 1.82) is 0 Å². The molecule has 0 rings (SSSR count). The second-order valence-corrected chi connectivity index (χ2v) is 1.01. The first-order valence-corrected chi connectivity index (χ1v) is 1.77. The van der Waals surface area contributed by atoms with Gasteiger partial charge in [0.05, 0.1) is 0 Å². The number of aliphatic carboxylic acids is 2. The summed E-state index contributed by atoms with van der Waals surface area (Å²) < 4.78 is 0. The van der Waals surface area contributed by atoms with Gasteiger partial charge in [0.1, 0.15) is 0 Å². The Morgan fingerprint density at radius 1 is 1.11 bits per heavy atom. The van der Waals surface area contributed by atoms with Crippen molar-refractivity contribution in [2.75, 3.05) is 0 Å². The Kier molecular flexibility index (Phi) is 7.41. The molecule has 0 aromatic heterocycles. The number of carbonyl (C=O) groups is 2. The first kappa shape index (κ1) is 11.5. The van der Waals surface area contributed by atoms with Gasteiger partial charge in [-0.1, -0.05) is 0 Å². The van der Waals surface area contributed by atoms with Crippen LogP contribution in [0.25, 0.3) is 0 Å². The van der Waals surface area contributed by atoms with Gasteiger partial charge in [-0.25, -0.2) is 9.59 Å². The minimum atomic E-state index is -1.26. The molecule has 0 fully saturated rings. The predicted molar refractivity (Wildman–Crippen MR) is 25.5 cm³/mol. The molecular weight excluding hydrogens is 135 g/mol. The van der Waals surface area contributed by atoms with Crippen LogP contribution in [0.1, 0.15) is 1.43 Å². The number of hydrogen-bond donors (Lipinski definition) is 2. The molecule has 0 radical (unpaired) electrons. The molecule has 46 valence electrons. The van der Waals surface area contributed by atoms with Crippen molar-refractivity contribution in [2.24, 2.45) is 0 Å². The molecule has 2 N–H and O–H groups in total. The summed E-state index contributed by atoms with van der Waals surface area (Å²) >= 11 is 0. The molecule has 0 spiro atoms. The molecule has 0 aromatic carbocycles. The summed E-state index contributed by atoms with van der Waals surface area (Å²) in [6.07, 6.45) is 1.12. The molecular formula is C4H5NaO4. The Labute approximate surface area is 75.0 Å². The number of hydrogen-bond acceptors (Lipinski definition) is 2. The van der Waals surface area contributed by atoms with E-state index in [1.807, 2.05) is 0 Å². The SMILES string of the molecule is O=C(O)/C=C/C(=O)O.[H-].[Na+]. The second kappa shape index (κ2) is 5.81. The van der Waals surface area contributed by atoms with E-state index in [1.54, 1.807) is 0 Å². The van der Waals surface area contributed by atoms with Gasteiger partial charge in [-0.15, -0.1) is 0 Å². The van der Waals surface area contributed by atoms with Crippen LogP contribution in [0.5, 0.6) is 0 Å². The fourth-order valence-electron chi connectivity index (χ4n) is 0.143. The zero-order valence-electron chi connectivity index (χ0n) is 5.87. The third kappa shape index (κ3) is 11.3. The van der Waals surface area contributed by atoms with Crippen molar-refractivity contribution in [1.82, 2.24) is 0 Å². The Balaban J connectivity index is -0.000000245. The van der Waals surface area contributed by atoms with Gasteiger partial charge in [-0.2, -0.15) is 0 Å². The van der Waals surface area contributed by atoms with Crippen LogP contribution in [0.15, 0.2) is 12.2 Å². The fourth-order valence-corrected chi connectivity index (χ4v) is 0.143. The first-order valence-electron chi connectivity index (χ1n) is 1.77. The van der Waals surface area contributed by atoms with E-state index in [0.29, 0.717) is 12.2 Å². The molecule has 0 saturated carbocycles. The zero-order chi connectivity index (χ0) is 6.57. The van der Waals surface area contributed by atoms with Crippen LogP contribution in [0.4, 0.5) is 0 Å². The van der Waals surface area contributed by atoms with Crippen molar-refractivity contribution in [2.45, 2.75) is 0 Å². The van der Waals surface area contributed by atoms with Crippen molar-refractivity contribution in [3.05, 3.63) is 12.2 Å². The van der Waals surface area contributed by atoms with E-state index < -0.39 is 11.9 Å². The maximum atomic E-state index is 9.55. The topological polar surface area (TPSA) is 74.6 Å². The van der Waals surface area contributed by atoms with Crippen LogP contribution in [0.3, 0.4) is 0 Å². The molecule has 0 aliphatic carbocycles. The number of rotatable bonds is 2. The number of carboxylic acid groups (broad SMARTS) is 2. The van der Waals surface area contributed by atoms with Gasteiger partial charge in [-0.05, 0) is 0 Å². The minimum Gasteiger partial charge on any atom is -1.00 e. The van der Waals surface area contributed by atoms with Gasteiger partial charge in [0.15, 0.2) is 0 Å². The molecule has 4 nitrogen and oxygen atoms in total. The van der Waals surface area contributed by atoms with Crippen molar-refractivity contribution < 1.29 is 50.8 Å². The first-order chi connectivity index (χ1) is 3.63. The normalized spacial score (nSPS) is 8.44. The molecule has 0 saturated heterocycles. The largest absolute Gasteiger partial charge is 1.00 e. The van der Waals surface area contributed by atoms with Gasteiger partial charge >= 0.3 is 41.5 Å². The van der Waals surface area contributed by atoms with Gasteiger partial charge < -0.3 is 11.6 Å². The second-order valence-electron chi connectivity index (χ2n) is 1.01. The molecule has 0 amide bonds. The maximum absolute atomic E-state index is 9.55. The summed E-state index contributed by atoms with van der Waals surface area (Å²) in [7, 11) is 0. The molecule has 0 atom stereocenters. The molecule has 0 aliphatic heterocycles. The number of carboxylic acids is 2. The average Bonchev–Trinajstić information content (AvgIpc) is 1.61. The van der Waals surface area contributed by atoms with Gasteiger partial charge in [0, 0.05) is 12.2 Å². The van der Waals surface area contributed by atoms with Crippen molar-refractivity contribution >= 4 is 11.9 Å². The van der Waals surface area contributed by atoms with Crippen LogP contribution in [-0.4, -0.2) is 22.2 Å². The van der Waals surface area contributed by atoms with Gasteiger partial charge in [-0.3, -0.25) is 0 Å². The monoisotopic (exact) mass is 140 g/mol. The summed E-state index contributed by atoms with van der Waals surface area (Å²) in [6, 6.07) is 0. The quantitative estimate of drug-likeness (QED) is 0.313. The van der Waals surface area contributed by atoms with Crippen LogP contribution in [0, 0.1) is 0 Å². The van der Waals surface area contributed by atoms with Crippen LogP contribution >= 0.6 is 0 Å². The summed E-state index contributed by atoms with van der Waals surface area (Å²) in [4.78, 5) is 19.1. The predicted octanol–water partition coefficient (Wildman–Crippen LogP) is -3.17. The van der Waals surface area contributed by atoms with Gasteiger partial charge in [0.25, 0.3) is 0 Å². The van der Waals surface area contributed by atoms with E-state index in [1.165, 1.54) is 0 Å². The van der Waals surface area contributed by atoms with Crippen LogP contribution in [-0.2, 0) is 9.59 Å². The Bertz CT molecular complexity index is 128. The molecule has 0 bridgehead atoms. The third-order valence-corrected chi connectivity index (χ3v) is 0.368. The van der Waals surface area contributed by atoms with E-state index in [4.69, 9.17) is 10.2 Å². The Hall–Kier alpha value is -0.320. The van der Waals surface area contributed by atoms with E-state index >= 15 is 0 Å². The summed E-state index contributed by atoms with van der Waals surface area (Å²) in [5.74, 6) is -2.51. The van der Waals surface area contributed by atoms with E-state index in [9.17, 15) is 9.59 Å². The summed E-state index contributed by atoms with van der Waals surface area (Å²) in [6.45, 7) is 0. The van der Waals surface area contributed by atoms with E-state index in [-0.39, 0.29) is 31.0 Å². The zero-order valence-corrected chi connectivity index (χ0v) is 6.87. The smallest absolute Gasteiger partial charge is 1.00 e. The fraction of sp³-hybridized carbons (Fsp3) is 0. The maximum Gasteiger partial charge on any atom is 1.00 e. The molecule has 0 aliphatic rings. The molecule has 9 heavy (non-hydrogen) atoms. The minimum absolute atomic E-state index is 0. The molecule has 0 heterocycles. The van der Waals surface area contributed by atoms with Crippen molar-refractivity contribution in [3.63, 3.8) is 0 Å². The van der Waals surface area contributed by atoms with E-state index in [2.05, 4.69) is 0 Å². The van der Waals surface area contributed by atoms with Crippen LogP contribution < -0.4 is 29.6 Å². The van der Waals surface area contributed by atoms with E-state index in [0.717, 1.165) is 0 Å². The van der Waals surface area contributed by atoms with Gasteiger partial charge in [0.2, 0.25) is 0 Å². The van der Waals surface area contributed by atoms with Crippen molar-refractivity contribution in [3.8, 4) is 0 Å². The molecule has 5 heteroatoms. The van der Waals surface area contributed by atoms with Crippen LogP contribution in [0.2, 0.25) is 0 Å². The molecule has 0 aromatic rings. The summed E-state index contributed by atoms with van der Waals surface area (Å²) in [5.41, 5.74) is 0. The summed E-state index contributed by atoms with van der Waals surface area (Å²) in [5, 5.41) is 15.6. The third-order valence-electron chi connectivity index (χ3n) is 0.368. The Morgan fingerprint density at radius 2 is 1.33 bits per heavy atom. The molecule has 0 unspecified atom stereocenters. The Morgan fingerprint density at radius 3 is 1.44 bits per heavy atom. The average molecular weight is 140 g/mol. The standard InChI is InChI=1S/C4H4O4.Na.H/c5-3(6)1-2-4(7)8;;/h1-2H,(H,5,6)(H,7,8);;/q;+1;-1/b2-1+;;.